The first kappa shape index (κ1) is 15.8. The highest BCUT2D eigenvalue weighted by molar-refractivity contribution is 9.10. The lowest BCUT2D eigenvalue weighted by atomic mass is 10.2. The number of benzene rings is 2. The Labute approximate surface area is 134 Å². The van der Waals surface area contributed by atoms with Gasteiger partial charge in [0.05, 0.1) is 28.4 Å². The van der Waals surface area contributed by atoms with Crippen LogP contribution in [-0.4, -0.2) is 23.4 Å². The van der Waals surface area contributed by atoms with Crippen molar-refractivity contribution in [2.24, 2.45) is 5.10 Å². The summed E-state index contributed by atoms with van der Waals surface area (Å²) in [6.07, 6.45) is 1.54. The van der Waals surface area contributed by atoms with E-state index >= 15 is 0 Å². The van der Waals surface area contributed by atoms with Crippen LogP contribution in [0.5, 0.6) is 11.5 Å². The van der Waals surface area contributed by atoms with Gasteiger partial charge in [0.15, 0.2) is 11.5 Å². The average molecular weight is 366 g/mol. The highest BCUT2D eigenvalue weighted by Crippen LogP contribution is 2.34. The van der Waals surface area contributed by atoms with E-state index in [0.717, 1.165) is 0 Å². The Hall–Kier alpha value is -2.61. The number of ether oxygens (including phenoxy) is 1. The maximum absolute atomic E-state index is 10.5. The Balaban J connectivity index is 2.09. The third-order valence-corrected chi connectivity index (χ3v) is 3.36. The van der Waals surface area contributed by atoms with E-state index in [4.69, 9.17) is 4.74 Å². The maximum atomic E-state index is 10.5. The van der Waals surface area contributed by atoms with Crippen LogP contribution < -0.4 is 10.2 Å². The summed E-state index contributed by atoms with van der Waals surface area (Å²) in [5.41, 5.74) is 4.10. The van der Waals surface area contributed by atoms with Crippen LogP contribution in [0.1, 0.15) is 5.56 Å². The van der Waals surface area contributed by atoms with Crippen LogP contribution in [0, 0.1) is 10.1 Å². The van der Waals surface area contributed by atoms with Crippen molar-refractivity contribution in [3.8, 4) is 11.5 Å². The van der Waals surface area contributed by atoms with Gasteiger partial charge in [-0.3, -0.25) is 15.5 Å². The molecule has 0 aliphatic rings. The molecule has 0 aliphatic carbocycles. The first-order chi connectivity index (χ1) is 10.5. The van der Waals surface area contributed by atoms with E-state index in [0.29, 0.717) is 21.5 Å². The fourth-order valence-electron chi connectivity index (χ4n) is 1.66. The largest absolute Gasteiger partial charge is 0.503 e. The number of nitro benzene ring substituents is 1. The number of hydrazone groups is 1. The SMILES string of the molecule is COc1cc(/C=N\Nc2ccc([N+](=O)[O-])cc2)cc(Br)c1O. The van der Waals surface area contributed by atoms with E-state index < -0.39 is 4.92 Å². The monoisotopic (exact) mass is 365 g/mol. The molecule has 0 bridgehead atoms. The summed E-state index contributed by atoms with van der Waals surface area (Å²) < 4.78 is 5.53. The normalized spacial score (nSPS) is 10.6. The number of anilines is 1. The van der Waals surface area contributed by atoms with Crippen molar-refractivity contribution in [1.82, 2.24) is 0 Å². The molecule has 114 valence electrons. The van der Waals surface area contributed by atoms with Gasteiger partial charge in [0.1, 0.15) is 0 Å². The van der Waals surface area contributed by atoms with Crippen LogP contribution in [0.25, 0.3) is 0 Å². The fourth-order valence-corrected chi connectivity index (χ4v) is 2.12. The Morgan fingerprint density at radius 1 is 1.36 bits per heavy atom. The molecule has 7 nitrogen and oxygen atoms in total. The zero-order valence-electron chi connectivity index (χ0n) is 11.5. The summed E-state index contributed by atoms with van der Waals surface area (Å²) in [6, 6.07) is 9.20. The molecule has 0 atom stereocenters. The zero-order valence-corrected chi connectivity index (χ0v) is 13.1. The summed E-state index contributed by atoms with van der Waals surface area (Å²) in [5, 5.41) is 24.3. The molecule has 2 rings (SSSR count). The highest BCUT2D eigenvalue weighted by Gasteiger charge is 2.07. The number of methoxy groups -OCH3 is 1. The summed E-state index contributed by atoms with van der Waals surface area (Å²) >= 11 is 3.22. The van der Waals surface area contributed by atoms with Crippen molar-refractivity contribution in [3.63, 3.8) is 0 Å². The van der Waals surface area contributed by atoms with Crippen molar-refractivity contribution in [1.29, 1.82) is 0 Å². The van der Waals surface area contributed by atoms with Gasteiger partial charge in [-0.2, -0.15) is 5.10 Å². The van der Waals surface area contributed by atoms with Crippen LogP contribution >= 0.6 is 15.9 Å². The number of phenolic OH excluding ortho intramolecular Hbond substituents is 1. The molecular weight excluding hydrogens is 354 g/mol. The standard InChI is InChI=1S/C14H12BrN3O4/c1-22-13-7-9(6-12(15)14(13)19)8-16-17-10-2-4-11(5-3-10)18(20)21/h2-8,17,19H,1H3/b16-8-. The minimum atomic E-state index is -0.465. The van der Waals surface area contributed by atoms with Gasteiger partial charge >= 0.3 is 0 Å². The number of nitro groups is 1. The average Bonchev–Trinajstić information content (AvgIpc) is 2.51. The summed E-state index contributed by atoms with van der Waals surface area (Å²) in [4.78, 5) is 10.1. The number of aromatic hydroxyl groups is 1. The molecular formula is C14H12BrN3O4. The van der Waals surface area contributed by atoms with E-state index in [1.54, 1.807) is 24.3 Å². The van der Waals surface area contributed by atoms with Gasteiger partial charge in [-0.05, 0) is 45.8 Å². The number of hydrogen-bond donors (Lipinski definition) is 2. The number of rotatable bonds is 5. The van der Waals surface area contributed by atoms with Gasteiger partial charge in [0.25, 0.3) is 5.69 Å². The molecule has 0 unspecified atom stereocenters. The van der Waals surface area contributed by atoms with Gasteiger partial charge in [0.2, 0.25) is 0 Å². The topological polar surface area (TPSA) is 97.0 Å². The predicted molar refractivity (Wildman–Crippen MR) is 86.7 cm³/mol. The van der Waals surface area contributed by atoms with Crippen LogP contribution in [0.3, 0.4) is 0 Å². The van der Waals surface area contributed by atoms with E-state index in [9.17, 15) is 15.2 Å². The molecule has 0 aliphatic heterocycles. The van der Waals surface area contributed by atoms with Crippen molar-refractivity contribution in [3.05, 3.63) is 56.5 Å². The molecule has 0 spiro atoms. The van der Waals surface area contributed by atoms with E-state index in [1.165, 1.54) is 25.5 Å². The molecule has 2 aromatic carbocycles. The van der Waals surface area contributed by atoms with Crippen molar-refractivity contribution < 1.29 is 14.8 Å². The number of halogens is 1. The van der Waals surface area contributed by atoms with Gasteiger partial charge < -0.3 is 9.84 Å². The first-order valence-electron chi connectivity index (χ1n) is 6.11. The quantitative estimate of drug-likeness (QED) is 0.480. The van der Waals surface area contributed by atoms with E-state index in [1.807, 2.05) is 0 Å². The second kappa shape index (κ2) is 6.90. The lowest BCUT2D eigenvalue weighted by molar-refractivity contribution is -0.384. The van der Waals surface area contributed by atoms with Gasteiger partial charge in [0, 0.05) is 12.1 Å². The number of phenols is 1. The van der Waals surface area contributed by atoms with Crippen LogP contribution in [0.15, 0.2) is 46.0 Å². The molecule has 0 saturated heterocycles. The maximum Gasteiger partial charge on any atom is 0.269 e. The highest BCUT2D eigenvalue weighted by atomic mass is 79.9. The van der Waals surface area contributed by atoms with E-state index in [-0.39, 0.29) is 11.4 Å². The first-order valence-corrected chi connectivity index (χ1v) is 6.90. The minimum absolute atomic E-state index is 0.0155. The second-order valence-corrected chi connectivity index (χ2v) is 5.08. The lowest BCUT2D eigenvalue weighted by Crippen LogP contribution is -1.93. The molecule has 2 N–H and O–H groups in total. The number of nitrogens with zero attached hydrogens (tertiary/aromatic N) is 2. The van der Waals surface area contributed by atoms with Gasteiger partial charge in [-0.1, -0.05) is 0 Å². The van der Waals surface area contributed by atoms with Crippen LogP contribution in [0.2, 0.25) is 0 Å². The molecule has 0 saturated carbocycles. The molecule has 2 aromatic rings. The van der Waals surface area contributed by atoms with Crippen molar-refractivity contribution >= 4 is 33.5 Å². The third-order valence-electron chi connectivity index (χ3n) is 2.76. The van der Waals surface area contributed by atoms with E-state index in [2.05, 4.69) is 26.5 Å². The predicted octanol–water partition coefficient (Wildman–Crippen LogP) is 3.52. The third kappa shape index (κ3) is 3.73. The molecule has 0 aromatic heterocycles. The second-order valence-electron chi connectivity index (χ2n) is 4.23. The number of nitrogens with one attached hydrogen (secondary N) is 1. The van der Waals surface area contributed by atoms with Crippen LogP contribution in [-0.2, 0) is 0 Å². The van der Waals surface area contributed by atoms with Gasteiger partial charge in [-0.25, -0.2) is 0 Å². The molecule has 0 radical (unpaired) electrons. The minimum Gasteiger partial charge on any atom is -0.503 e. The number of non-ortho nitro benzene ring substituents is 1. The van der Waals surface area contributed by atoms with Gasteiger partial charge in [-0.15, -0.1) is 0 Å². The fraction of sp³-hybridized carbons (Fsp3) is 0.0714. The summed E-state index contributed by atoms with van der Waals surface area (Å²) in [5.74, 6) is 0.342. The molecule has 22 heavy (non-hydrogen) atoms. The van der Waals surface area contributed by atoms with Crippen LogP contribution in [0.4, 0.5) is 11.4 Å². The Morgan fingerprint density at radius 3 is 2.64 bits per heavy atom. The van der Waals surface area contributed by atoms with Crippen molar-refractivity contribution in [2.75, 3.05) is 12.5 Å². The Morgan fingerprint density at radius 2 is 2.05 bits per heavy atom. The molecule has 8 heteroatoms. The lowest BCUT2D eigenvalue weighted by Gasteiger charge is -2.06. The van der Waals surface area contributed by atoms with Crippen molar-refractivity contribution in [2.45, 2.75) is 0 Å². The Bertz CT molecular complexity index is 717. The molecule has 0 amide bonds. The smallest absolute Gasteiger partial charge is 0.269 e. The zero-order chi connectivity index (χ0) is 16.1. The Kier molecular flexibility index (Phi) is 4.95. The summed E-state index contributed by atoms with van der Waals surface area (Å²) in [7, 11) is 1.46. The molecule has 0 fully saturated rings. The number of hydrogen-bond acceptors (Lipinski definition) is 6. The molecule has 0 heterocycles. The summed E-state index contributed by atoms with van der Waals surface area (Å²) in [6.45, 7) is 0.